The second-order valence-corrected chi connectivity index (χ2v) is 6.02. The predicted molar refractivity (Wildman–Crippen MR) is 73.3 cm³/mol. The fourth-order valence-electron chi connectivity index (χ4n) is 1.74. The Hall–Kier alpha value is -2.17. The van der Waals surface area contributed by atoms with Crippen LogP contribution in [0.5, 0.6) is 0 Å². The minimum Gasteiger partial charge on any atom is -0.271 e. The Morgan fingerprint density at radius 2 is 2.25 bits per heavy atom. The van der Waals surface area contributed by atoms with E-state index < -0.39 is 10.0 Å². The third-order valence-electron chi connectivity index (χ3n) is 2.82. The van der Waals surface area contributed by atoms with Gasteiger partial charge in [0.2, 0.25) is 10.0 Å². The van der Waals surface area contributed by atoms with E-state index in [-0.39, 0.29) is 11.4 Å². The van der Waals surface area contributed by atoms with Crippen LogP contribution < -0.4 is 4.72 Å². The van der Waals surface area contributed by atoms with E-state index in [2.05, 4.69) is 9.82 Å². The molecule has 1 aromatic heterocycles. The molecule has 0 aliphatic rings. The molecular weight excluding hydrogens is 276 g/mol. The van der Waals surface area contributed by atoms with Gasteiger partial charge in [-0.1, -0.05) is 0 Å². The van der Waals surface area contributed by atoms with Gasteiger partial charge in [-0.3, -0.25) is 4.68 Å². The first-order valence-electron chi connectivity index (χ1n) is 6.01. The van der Waals surface area contributed by atoms with E-state index in [4.69, 9.17) is 5.26 Å². The molecule has 20 heavy (non-hydrogen) atoms. The number of rotatable bonds is 5. The second kappa shape index (κ2) is 5.86. The highest BCUT2D eigenvalue weighted by molar-refractivity contribution is 7.89. The summed E-state index contributed by atoms with van der Waals surface area (Å²) < 4.78 is 28.3. The van der Waals surface area contributed by atoms with Crippen molar-refractivity contribution >= 4 is 10.0 Å². The summed E-state index contributed by atoms with van der Waals surface area (Å²) in [5.41, 5.74) is 1.11. The summed E-state index contributed by atoms with van der Waals surface area (Å²) in [4.78, 5) is 0.162. The summed E-state index contributed by atoms with van der Waals surface area (Å²) in [6.45, 7) is 2.42. The van der Waals surface area contributed by atoms with Gasteiger partial charge >= 0.3 is 0 Å². The van der Waals surface area contributed by atoms with Crippen molar-refractivity contribution in [1.29, 1.82) is 5.26 Å². The summed E-state index contributed by atoms with van der Waals surface area (Å²) in [5.74, 6) is 0. The number of hydrogen-bond acceptors (Lipinski definition) is 4. The topological polar surface area (TPSA) is 87.8 Å². The highest BCUT2D eigenvalue weighted by Gasteiger charge is 2.14. The molecule has 1 heterocycles. The van der Waals surface area contributed by atoms with Gasteiger partial charge in [0, 0.05) is 18.9 Å². The van der Waals surface area contributed by atoms with E-state index in [1.165, 1.54) is 18.2 Å². The third kappa shape index (κ3) is 3.23. The molecule has 7 heteroatoms. The van der Waals surface area contributed by atoms with Gasteiger partial charge < -0.3 is 0 Å². The second-order valence-electron chi connectivity index (χ2n) is 4.26. The van der Waals surface area contributed by atoms with Gasteiger partial charge in [0.15, 0.2) is 0 Å². The zero-order valence-electron chi connectivity index (χ0n) is 10.9. The maximum Gasteiger partial charge on any atom is 0.240 e. The molecule has 0 saturated carbocycles. The van der Waals surface area contributed by atoms with E-state index >= 15 is 0 Å². The zero-order valence-corrected chi connectivity index (χ0v) is 11.8. The molecule has 0 spiro atoms. The average molecular weight is 290 g/mol. The summed E-state index contributed by atoms with van der Waals surface area (Å²) in [6, 6.07) is 8.22. The molecule has 6 nitrogen and oxygen atoms in total. The molecule has 1 aromatic carbocycles. The highest BCUT2D eigenvalue weighted by atomic mass is 32.2. The van der Waals surface area contributed by atoms with Gasteiger partial charge in [-0.2, -0.15) is 10.4 Å². The molecule has 1 N–H and O–H groups in total. The fourth-order valence-corrected chi connectivity index (χ4v) is 2.85. The largest absolute Gasteiger partial charge is 0.271 e. The van der Waals surface area contributed by atoms with Gasteiger partial charge in [0.1, 0.15) is 0 Å². The normalized spacial score (nSPS) is 11.2. The zero-order chi connectivity index (χ0) is 14.6. The lowest BCUT2D eigenvalue weighted by atomic mass is 10.1. The van der Waals surface area contributed by atoms with Gasteiger partial charge in [-0.15, -0.1) is 0 Å². The number of nitrogens with zero attached hydrogens (tertiary/aromatic N) is 3. The predicted octanol–water partition coefficient (Wildman–Crippen LogP) is 1.04. The molecule has 0 aliphatic carbocycles. The van der Waals surface area contributed by atoms with Gasteiger partial charge in [-0.05, 0) is 36.8 Å². The van der Waals surface area contributed by atoms with Crippen LogP contribution in [-0.2, 0) is 16.6 Å². The number of aromatic nitrogens is 2. The van der Waals surface area contributed by atoms with Crippen LogP contribution in [0.2, 0.25) is 0 Å². The van der Waals surface area contributed by atoms with E-state index in [1.54, 1.807) is 30.1 Å². The molecule has 2 rings (SSSR count). The monoisotopic (exact) mass is 290 g/mol. The average Bonchev–Trinajstić information content (AvgIpc) is 2.91. The van der Waals surface area contributed by atoms with Crippen molar-refractivity contribution in [3.05, 3.63) is 47.8 Å². The molecule has 2 aromatic rings. The van der Waals surface area contributed by atoms with Crippen LogP contribution in [-0.4, -0.2) is 24.7 Å². The number of hydrogen-bond donors (Lipinski definition) is 1. The van der Waals surface area contributed by atoms with E-state index in [1.807, 2.05) is 6.07 Å². The highest BCUT2D eigenvalue weighted by Crippen LogP contribution is 2.14. The van der Waals surface area contributed by atoms with Crippen molar-refractivity contribution < 1.29 is 8.42 Å². The minimum atomic E-state index is -3.56. The molecule has 0 atom stereocenters. The number of benzene rings is 1. The van der Waals surface area contributed by atoms with Crippen molar-refractivity contribution in [1.82, 2.24) is 14.5 Å². The third-order valence-corrected chi connectivity index (χ3v) is 4.28. The maximum absolute atomic E-state index is 12.1. The maximum atomic E-state index is 12.1. The smallest absolute Gasteiger partial charge is 0.240 e. The van der Waals surface area contributed by atoms with Crippen molar-refractivity contribution in [3.8, 4) is 6.07 Å². The molecule has 0 fully saturated rings. The SMILES string of the molecule is Cc1cc(S(=O)(=O)NCCn2cccn2)ccc1C#N. The summed E-state index contributed by atoms with van der Waals surface area (Å²) in [6.07, 6.45) is 3.40. The summed E-state index contributed by atoms with van der Waals surface area (Å²) >= 11 is 0. The first-order valence-corrected chi connectivity index (χ1v) is 7.49. The number of aryl methyl sites for hydroxylation is 1. The Morgan fingerprint density at radius 3 is 2.85 bits per heavy atom. The molecule has 0 amide bonds. The van der Waals surface area contributed by atoms with Crippen molar-refractivity contribution in [2.45, 2.75) is 18.4 Å². The molecule has 0 bridgehead atoms. The lowest BCUT2D eigenvalue weighted by Gasteiger charge is -2.08. The molecular formula is C13H14N4O2S. The van der Waals surface area contributed by atoms with E-state index in [0.29, 0.717) is 17.7 Å². The fraction of sp³-hybridized carbons (Fsp3) is 0.231. The van der Waals surface area contributed by atoms with Crippen LogP contribution in [0, 0.1) is 18.3 Å². The van der Waals surface area contributed by atoms with Crippen molar-refractivity contribution in [3.63, 3.8) is 0 Å². The quantitative estimate of drug-likeness (QED) is 0.891. The van der Waals surface area contributed by atoms with E-state index in [9.17, 15) is 8.42 Å². The molecule has 104 valence electrons. The minimum absolute atomic E-state index is 0.162. The van der Waals surface area contributed by atoms with Crippen LogP contribution in [0.25, 0.3) is 0 Å². The van der Waals surface area contributed by atoms with Crippen molar-refractivity contribution in [2.24, 2.45) is 0 Å². The number of nitriles is 1. The number of sulfonamides is 1. The lowest BCUT2D eigenvalue weighted by Crippen LogP contribution is -2.27. The Bertz CT molecular complexity index is 730. The first-order chi connectivity index (χ1) is 9.53. The molecule has 0 saturated heterocycles. The molecule has 0 radical (unpaired) electrons. The number of nitrogens with one attached hydrogen (secondary N) is 1. The Labute approximate surface area is 117 Å². The van der Waals surface area contributed by atoms with E-state index in [0.717, 1.165) is 0 Å². The summed E-state index contributed by atoms with van der Waals surface area (Å²) in [5, 5.41) is 12.8. The molecule has 0 aliphatic heterocycles. The Kier molecular flexibility index (Phi) is 4.17. The molecule has 0 unspecified atom stereocenters. The van der Waals surface area contributed by atoms with Gasteiger partial charge in [0.05, 0.1) is 23.1 Å². The van der Waals surface area contributed by atoms with Crippen LogP contribution in [0.1, 0.15) is 11.1 Å². The van der Waals surface area contributed by atoms with Gasteiger partial charge in [0.25, 0.3) is 0 Å². The summed E-state index contributed by atoms with van der Waals surface area (Å²) in [7, 11) is -3.56. The first kappa shape index (κ1) is 14.2. The van der Waals surface area contributed by atoms with Crippen LogP contribution in [0.4, 0.5) is 0 Å². The van der Waals surface area contributed by atoms with Crippen LogP contribution in [0.15, 0.2) is 41.6 Å². The standard InChI is InChI=1S/C13H14N4O2S/c1-11-9-13(4-3-12(11)10-14)20(18,19)16-6-8-17-7-2-5-15-17/h2-5,7,9,16H,6,8H2,1H3. The van der Waals surface area contributed by atoms with Crippen LogP contribution >= 0.6 is 0 Å². The van der Waals surface area contributed by atoms with Crippen molar-refractivity contribution in [2.75, 3.05) is 6.54 Å². The Balaban J connectivity index is 2.06. The lowest BCUT2D eigenvalue weighted by molar-refractivity contribution is 0.561. The van der Waals surface area contributed by atoms with Gasteiger partial charge in [-0.25, -0.2) is 13.1 Å². The van der Waals surface area contributed by atoms with Crippen LogP contribution in [0.3, 0.4) is 0 Å². The Morgan fingerprint density at radius 1 is 1.45 bits per heavy atom.